The fraction of sp³-hybridized carbons (Fsp3) is 0.925. The highest BCUT2D eigenvalue weighted by Crippen LogP contribution is 2.38. The lowest BCUT2D eigenvalue weighted by Crippen LogP contribution is -2.46. The van der Waals surface area contributed by atoms with Crippen molar-refractivity contribution in [2.75, 3.05) is 40.9 Å². The highest BCUT2D eigenvalue weighted by atomic mass is 31.2. The van der Waals surface area contributed by atoms with E-state index >= 15 is 0 Å². The molecule has 0 radical (unpaired) electrons. The maximum Gasteiger partial charge on any atom is 0.268 e. The summed E-state index contributed by atoms with van der Waals surface area (Å²) in [5, 5.41) is 13.8. The van der Waals surface area contributed by atoms with Crippen molar-refractivity contribution in [3.8, 4) is 0 Å². The first-order chi connectivity index (χ1) is 23.5. The molecule has 0 saturated carbocycles. The molecule has 0 spiro atoms. The lowest BCUT2D eigenvalue weighted by molar-refractivity contribution is -0.870. The molecule has 0 fully saturated rings. The van der Waals surface area contributed by atoms with E-state index in [1.807, 2.05) is 21.1 Å². The number of likely N-dealkylation sites (N-methyl/N-ethyl adjacent to an activating group) is 1. The standard InChI is InChI=1S/C40H81N2O6P/c1-6-8-10-12-14-16-18-19-20-21-22-23-24-25-27-29-31-33-39(43)38(37-48-49(45,46)47-36-35-42(3,4)5)41-40(44)34-32-30-28-26-17-15-13-11-9-7-2/h24-25,38-39,43H,6-23,26-37H2,1-5H3,(H-,41,44,45,46)/b25-24+/t38-,39+/m1/s1. The van der Waals surface area contributed by atoms with Crippen LogP contribution in [0, 0.1) is 0 Å². The second-order valence-corrected chi connectivity index (χ2v) is 16.8. The van der Waals surface area contributed by atoms with Gasteiger partial charge in [-0.2, -0.15) is 0 Å². The predicted octanol–water partition coefficient (Wildman–Crippen LogP) is 10.2. The molecule has 0 rings (SSSR count). The van der Waals surface area contributed by atoms with E-state index in [-0.39, 0.29) is 19.1 Å². The van der Waals surface area contributed by atoms with Crippen LogP contribution in [0.1, 0.15) is 187 Å². The summed E-state index contributed by atoms with van der Waals surface area (Å²) in [4.78, 5) is 25.2. The first-order valence-electron chi connectivity index (χ1n) is 20.5. The molecule has 1 unspecified atom stereocenters. The summed E-state index contributed by atoms with van der Waals surface area (Å²) < 4.78 is 23.2. The number of hydrogen-bond acceptors (Lipinski definition) is 6. The maximum absolute atomic E-state index is 12.8. The molecule has 1 amide bonds. The summed E-state index contributed by atoms with van der Waals surface area (Å²) in [7, 11) is 1.29. The Kier molecular flexibility index (Phi) is 32.6. The smallest absolute Gasteiger partial charge is 0.268 e. The van der Waals surface area contributed by atoms with Gasteiger partial charge in [0.25, 0.3) is 7.82 Å². The van der Waals surface area contributed by atoms with Gasteiger partial charge in [0, 0.05) is 6.42 Å². The average Bonchev–Trinajstić information content (AvgIpc) is 3.04. The Morgan fingerprint density at radius 3 is 1.59 bits per heavy atom. The molecule has 3 atom stereocenters. The molecular formula is C40H81N2O6P. The maximum atomic E-state index is 12.8. The Hall–Kier alpha value is -0.760. The summed E-state index contributed by atoms with van der Waals surface area (Å²) in [5.74, 6) is -0.177. The van der Waals surface area contributed by atoms with Crippen LogP contribution in [0.25, 0.3) is 0 Å². The highest BCUT2D eigenvalue weighted by Gasteiger charge is 2.24. The zero-order valence-electron chi connectivity index (χ0n) is 32.9. The molecule has 0 aromatic heterocycles. The normalized spacial score (nSPS) is 14.7. The molecule has 0 aromatic carbocycles. The second-order valence-electron chi connectivity index (χ2n) is 15.3. The van der Waals surface area contributed by atoms with Crippen molar-refractivity contribution in [2.45, 2.75) is 199 Å². The van der Waals surface area contributed by atoms with E-state index in [1.165, 1.54) is 116 Å². The van der Waals surface area contributed by atoms with Gasteiger partial charge in [-0.25, -0.2) is 0 Å². The molecule has 0 aliphatic rings. The number of amides is 1. The number of unbranched alkanes of at least 4 members (excludes halogenated alkanes) is 22. The van der Waals surface area contributed by atoms with Crippen LogP contribution in [0.15, 0.2) is 12.2 Å². The first-order valence-corrected chi connectivity index (χ1v) is 22.0. The number of phosphoric acid groups is 1. The van der Waals surface area contributed by atoms with Gasteiger partial charge in [-0.15, -0.1) is 0 Å². The van der Waals surface area contributed by atoms with Crippen LogP contribution in [0.2, 0.25) is 0 Å². The van der Waals surface area contributed by atoms with E-state index in [9.17, 15) is 19.4 Å². The SMILES string of the molecule is CCCCCCCCCCCCC/C=C/CCCC[C@H](O)[C@@H](COP(=O)([O-])OCC[N+](C)(C)C)NC(=O)CCCCCCCCCCCC. The number of hydrogen-bond donors (Lipinski definition) is 2. The van der Waals surface area contributed by atoms with Crippen LogP contribution in [-0.2, 0) is 18.4 Å². The van der Waals surface area contributed by atoms with Gasteiger partial charge in [0.1, 0.15) is 13.2 Å². The van der Waals surface area contributed by atoms with E-state index < -0.39 is 20.0 Å². The van der Waals surface area contributed by atoms with Crippen LogP contribution in [0.4, 0.5) is 0 Å². The van der Waals surface area contributed by atoms with Gasteiger partial charge in [0.05, 0.1) is 39.9 Å². The number of phosphoric ester groups is 1. The van der Waals surface area contributed by atoms with Crippen molar-refractivity contribution in [1.29, 1.82) is 0 Å². The lowest BCUT2D eigenvalue weighted by atomic mass is 10.0. The van der Waals surface area contributed by atoms with Crippen molar-refractivity contribution in [3.63, 3.8) is 0 Å². The number of aliphatic hydroxyl groups is 1. The minimum atomic E-state index is -4.56. The van der Waals surface area contributed by atoms with Crippen LogP contribution < -0.4 is 10.2 Å². The number of nitrogens with one attached hydrogen (secondary N) is 1. The minimum absolute atomic E-state index is 0.00929. The lowest BCUT2D eigenvalue weighted by Gasteiger charge is -2.30. The zero-order chi connectivity index (χ0) is 36.5. The Balaban J connectivity index is 4.42. The van der Waals surface area contributed by atoms with E-state index in [0.717, 1.165) is 44.9 Å². The van der Waals surface area contributed by atoms with Crippen LogP contribution >= 0.6 is 7.82 Å². The second kappa shape index (κ2) is 33.1. The Bertz CT molecular complexity index is 819. The fourth-order valence-electron chi connectivity index (χ4n) is 5.92. The average molecular weight is 717 g/mol. The number of quaternary nitrogens is 1. The molecule has 9 heteroatoms. The molecule has 292 valence electrons. The van der Waals surface area contributed by atoms with E-state index in [1.54, 1.807) is 0 Å². The van der Waals surface area contributed by atoms with Gasteiger partial charge in [0.2, 0.25) is 5.91 Å². The van der Waals surface area contributed by atoms with Crippen molar-refractivity contribution < 1.29 is 32.9 Å². The monoisotopic (exact) mass is 717 g/mol. The van der Waals surface area contributed by atoms with Gasteiger partial charge in [-0.05, 0) is 38.5 Å². The molecule has 0 aliphatic heterocycles. The third-order valence-corrected chi connectivity index (χ3v) is 10.2. The number of rotatable bonds is 37. The molecule has 2 N–H and O–H groups in total. The summed E-state index contributed by atoms with van der Waals surface area (Å²) in [6, 6.07) is -0.809. The van der Waals surface area contributed by atoms with E-state index in [0.29, 0.717) is 23.9 Å². The van der Waals surface area contributed by atoms with Crippen molar-refractivity contribution in [2.24, 2.45) is 0 Å². The molecule has 49 heavy (non-hydrogen) atoms. The first kappa shape index (κ1) is 48.2. The number of aliphatic hydroxyl groups excluding tert-OH is 1. The molecular weight excluding hydrogens is 635 g/mol. The number of carbonyl (C=O) groups excluding carboxylic acids is 1. The predicted molar refractivity (Wildman–Crippen MR) is 205 cm³/mol. The quantitative estimate of drug-likeness (QED) is 0.0287. The van der Waals surface area contributed by atoms with Crippen LogP contribution in [0.5, 0.6) is 0 Å². The topological polar surface area (TPSA) is 108 Å². The molecule has 0 saturated heterocycles. The van der Waals surface area contributed by atoms with Gasteiger partial charge < -0.3 is 28.8 Å². The van der Waals surface area contributed by atoms with Crippen molar-refractivity contribution in [3.05, 3.63) is 12.2 Å². The zero-order valence-corrected chi connectivity index (χ0v) is 33.8. The van der Waals surface area contributed by atoms with Crippen LogP contribution in [-0.4, -0.2) is 68.5 Å². The third-order valence-electron chi connectivity index (χ3n) is 9.25. The summed E-state index contributed by atoms with van der Waals surface area (Å²) in [5.41, 5.74) is 0. The minimum Gasteiger partial charge on any atom is -0.756 e. The van der Waals surface area contributed by atoms with Gasteiger partial charge in [-0.3, -0.25) is 9.36 Å². The molecule has 0 aromatic rings. The summed E-state index contributed by atoms with van der Waals surface area (Å²) >= 11 is 0. The Labute approximate surface area is 303 Å². The number of nitrogens with zero attached hydrogens (tertiary/aromatic N) is 1. The van der Waals surface area contributed by atoms with Crippen molar-refractivity contribution in [1.82, 2.24) is 5.32 Å². The summed E-state index contributed by atoms with van der Waals surface area (Å²) in [6.07, 6.45) is 35.0. The fourth-order valence-corrected chi connectivity index (χ4v) is 6.64. The van der Waals surface area contributed by atoms with Gasteiger partial charge in [0.15, 0.2) is 0 Å². The summed E-state index contributed by atoms with van der Waals surface area (Å²) in [6.45, 7) is 4.68. The molecule has 0 aliphatic carbocycles. The number of allylic oxidation sites excluding steroid dienone is 2. The largest absolute Gasteiger partial charge is 0.756 e. The Morgan fingerprint density at radius 1 is 0.694 bits per heavy atom. The van der Waals surface area contributed by atoms with Gasteiger partial charge >= 0.3 is 0 Å². The molecule has 0 bridgehead atoms. The van der Waals surface area contributed by atoms with E-state index in [4.69, 9.17) is 9.05 Å². The highest BCUT2D eigenvalue weighted by molar-refractivity contribution is 7.45. The van der Waals surface area contributed by atoms with Gasteiger partial charge in [-0.1, -0.05) is 154 Å². The number of carbonyl (C=O) groups is 1. The Morgan fingerprint density at radius 2 is 1.12 bits per heavy atom. The third kappa shape index (κ3) is 35.4. The molecule has 0 heterocycles. The van der Waals surface area contributed by atoms with Crippen LogP contribution in [0.3, 0.4) is 0 Å². The van der Waals surface area contributed by atoms with E-state index in [2.05, 4.69) is 31.3 Å². The van der Waals surface area contributed by atoms with Crippen molar-refractivity contribution >= 4 is 13.7 Å². The molecule has 8 nitrogen and oxygen atoms in total.